The molecule has 1 rings (SSSR count). The predicted octanol–water partition coefficient (Wildman–Crippen LogP) is 5.89. The fourth-order valence-electron chi connectivity index (χ4n) is 3.31. The molecular weight excluding hydrogens is 538 g/mol. The van der Waals surface area contributed by atoms with Crippen molar-refractivity contribution < 1.29 is 52.7 Å². The van der Waals surface area contributed by atoms with Crippen molar-refractivity contribution in [3.05, 3.63) is 23.8 Å². The van der Waals surface area contributed by atoms with Crippen LogP contribution in [0.15, 0.2) is 18.2 Å². The Balaban J connectivity index is 3.34. The fraction of sp³-hybridized carbons (Fsp3) is 0.655. The number of nitrogens with two attached hydrogens (primary N) is 1. The van der Waals surface area contributed by atoms with Crippen LogP contribution < -0.4 is 15.2 Å². The minimum atomic E-state index is -1.43. The lowest BCUT2D eigenvalue weighted by atomic mass is 9.82. The summed E-state index contributed by atoms with van der Waals surface area (Å²) in [5.74, 6) is -3.22. The molecule has 3 unspecified atom stereocenters. The Bertz CT molecular complexity index is 1040. The molecule has 1 aromatic rings. The lowest BCUT2D eigenvalue weighted by Gasteiger charge is -2.28. The molecule has 0 saturated carbocycles. The number of carboxylic acid groups (broad SMARTS) is 1. The second-order valence-electron chi connectivity index (χ2n) is 12.4. The maximum Gasteiger partial charge on any atom is 0.513 e. The zero-order valence-electron chi connectivity index (χ0n) is 25.5. The molecule has 12 nitrogen and oxygen atoms in total. The summed E-state index contributed by atoms with van der Waals surface area (Å²) < 4.78 is 31.3. The molecule has 232 valence electrons. The summed E-state index contributed by atoms with van der Waals surface area (Å²) in [6, 6.07) is 2.70. The molecule has 0 fully saturated rings. The first-order valence-electron chi connectivity index (χ1n) is 13.5. The van der Waals surface area contributed by atoms with Gasteiger partial charge in [0.25, 0.3) is 0 Å². The molecule has 1 aromatic carbocycles. The Labute approximate surface area is 241 Å². The van der Waals surface area contributed by atoms with Crippen LogP contribution >= 0.6 is 0 Å². The normalized spacial score (nSPS) is 14.6. The Morgan fingerprint density at radius 3 is 1.80 bits per heavy atom. The van der Waals surface area contributed by atoms with Crippen LogP contribution in [0.25, 0.3) is 0 Å². The van der Waals surface area contributed by atoms with Crippen LogP contribution in [0.5, 0.6) is 11.5 Å². The summed E-state index contributed by atoms with van der Waals surface area (Å²) >= 11 is 0. The van der Waals surface area contributed by atoms with Crippen LogP contribution in [-0.2, 0) is 23.7 Å². The van der Waals surface area contributed by atoms with E-state index in [-0.39, 0.29) is 48.3 Å². The van der Waals surface area contributed by atoms with E-state index < -0.39 is 42.3 Å². The van der Waals surface area contributed by atoms with E-state index in [0.717, 1.165) is 0 Å². The summed E-state index contributed by atoms with van der Waals surface area (Å²) in [5, 5.41) is 9.70. The number of carbonyl (C=O) groups is 4. The lowest BCUT2D eigenvalue weighted by molar-refractivity contribution is -0.139. The number of aliphatic carboxylic acids is 1. The van der Waals surface area contributed by atoms with Crippen LogP contribution in [-0.4, -0.2) is 61.5 Å². The maximum atomic E-state index is 12.5. The highest BCUT2D eigenvalue weighted by Crippen LogP contribution is 2.36. The smallest absolute Gasteiger partial charge is 0.480 e. The molecule has 41 heavy (non-hydrogen) atoms. The molecule has 0 aliphatic heterocycles. The van der Waals surface area contributed by atoms with Crippen molar-refractivity contribution in [1.82, 2.24) is 0 Å². The summed E-state index contributed by atoms with van der Waals surface area (Å²) in [6.07, 6.45) is -2.74. The van der Waals surface area contributed by atoms with Gasteiger partial charge in [-0.3, -0.25) is 4.79 Å². The van der Waals surface area contributed by atoms with Crippen molar-refractivity contribution in [2.75, 3.05) is 19.8 Å². The van der Waals surface area contributed by atoms with Crippen molar-refractivity contribution in [1.29, 1.82) is 0 Å². The van der Waals surface area contributed by atoms with Crippen molar-refractivity contribution >= 4 is 24.4 Å². The lowest BCUT2D eigenvalue weighted by Crippen LogP contribution is -2.40. The summed E-state index contributed by atoms with van der Waals surface area (Å²) in [6.45, 7) is 16.3. The van der Waals surface area contributed by atoms with E-state index in [0.29, 0.717) is 12.0 Å². The average Bonchev–Trinajstić information content (AvgIpc) is 2.85. The molecule has 0 amide bonds. The van der Waals surface area contributed by atoms with Gasteiger partial charge in [0.1, 0.15) is 12.1 Å². The van der Waals surface area contributed by atoms with Crippen LogP contribution in [0.1, 0.15) is 80.2 Å². The fourth-order valence-corrected chi connectivity index (χ4v) is 3.31. The van der Waals surface area contributed by atoms with E-state index in [2.05, 4.69) is 0 Å². The summed E-state index contributed by atoms with van der Waals surface area (Å²) in [5.41, 5.74) is 5.69. The first-order valence-corrected chi connectivity index (χ1v) is 13.5. The molecule has 3 N–H and O–H groups in total. The number of carboxylic acids is 1. The van der Waals surface area contributed by atoms with Gasteiger partial charge in [-0.1, -0.05) is 61.5 Å². The molecule has 0 radical (unpaired) electrons. The molecule has 0 aliphatic carbocycles. The molecule has 0 aliphatic rings. The molecule has 0 spiro atoms. The van der Waals surface area contributed by atoms with Crippen molar-refractivity contribution in [3.63, 3.8) is 0 Å². The van der Waals surface area contributed by atoms with Gasteiger partial charge in [-0.2, -0.15) is 0 Å². The molecule has 0 bridgehead atoms. The van der Waals surface area contributed by atoms with Gasteiger partial charge in [0.2, 0.25) is 0 Å². The van der Waals surface area contributed by atoms with Crippen molar-refractivity contribution in [2.45, 2.75) is 86.8 Å². The van der Waals surface area contributed by atoms with Gasteiger partial charge in [0.15, 0.2) is 11.5 Å². The highest BCUT2D eigenvalue weighted by molar-refractivity contribution is 5.75. The second kappa shape index (κ2) is 15.5. The van der Waals surface area contributed by atoms with E-state index in [9.17, 15) is 24.3 Å². The third kappa shape index (κ3) is 13.6. The zero-order valence-corrected chi connectivity index (χ0v) is 25.5. The topological polar surface area (TPSA) is 170 Å². The Morgan fingerprint density at radius 1 is 0.829 bits per heavy atom. The number of benzene rings is 1. The van der Waals surface area contributed by atoms with Gasteiger partial charge < -0.3 is 39.3 Å². The standard InChI is InChI=1S/C29H45NO11/c1-10-18(3)39-25(33)36-14-17(2)22(23(30)24(31)32)19-11-12-20(40-26(34)37-15-28(4,5)6)21(13-19)41-27(35)38-16-29(7,8)9/h11-13,17-18,22-23H,10,14-16,30H2,1-9H3,(H,31,32)/t17?,18?,22?,23-/m0/s1. The van der Waals surface area contributed by atoms with E-state index in [1.54, 1.807) is 13.8 Å². The van der Waals surface area contributed by atoms with E-state index >= 15 is 0 Å². The number of hydrogen-bond donors (Lipinski definition) is 2. The monoisotopic (exact) mass is 583 g/mol. The highest BCUT2D eigenvalue weighted by Gasteiger charge is 2.33. The van der Waals surface area contributed by atoms with E-state index in [4.69, 9.17) is 34.2 Å². The van der Waals surface area contributed by atoms with Crippen molar-refractivity contribution in [2.24, 2.45) is 22.5 Å². The molecule has 12 heteroatoms. The summed E-state index contributed by atoms with van der Waals surface area (Å²) in [4.78, 5) is 48.8. The van der Waals surface area contributed by atoms with Crippen LogP contribution in [0.2, 0.25) is 0 Å². The SMILES string of the molecule is CCC(C)OC(=O)OCC(C)C(c1ccc(OC(=O)OCC(C)(C)C)c(OC(=O)OCC(C)(C)C)c1)[C@H](N)C(=O)O. The van der Waals surface area contributed by atoms with Gasteiger partial charge in [-0.15, -0.1) is 0 Å². The van der Waals surface area contributed by atoms with E-state index in [1.807, 2.05) is 48.5 Å². The number of hydrogen-bond acceptors (Lipinski definition) is 11. The van der Waals surface area contributed by atoms with Crippen LogP contribution in [0, 0.1) is 16.7 Å². The minimum absolute atomic E-state index is 0.0446. The average molecular weight is 584 g/mol. The summed E-state index contributed by atoms with van der Waals surface area (Å²) in [7, 11) is 0. The molecule has 0 aromatic heterocycles. The third-order valence-electron chi connectivity index (χ3n) is 5.61. The van der Waals surface area contributed by atoms with Gasteiger partial charge in [0.05, 0.1) is 19.8 Å². The van der Waals surface area contributed by atoms with Gasteiger partial charge >= 0.3 is 24.4 Å². The number of rotatable bonds is 12. The molecule has 0 heterocycles. The maximum absolute atomic E-state index is 12.5. The number of ether oxygens (including phenoxy) is 6. The number of carbonyl (C=O) groups excluding carboxylic acids is 3. The van der Waals surface area contributed by atoms with Gasteiger partial charge in [0, 0.05) is 5.92 Å². The van der Waals surface area contributed by atoms with Crippen LogP contribution in [0.4, 0.5) is 14.4 Å². The molecular formula is C29H45NO11. The zero-order chi connectivity index (χ0) is 31.5. The van der Waals surface area contributed by atoms with Gasteiger partial charge in [-0.05, 0) is 47.8 Å². The Kier molecular flexibility index (Phi) is 13.4. The minimum Gasteiger partial charge on any atom is -0.480 e. The van der Waals surface area contributed by atoms with Gasteiger partial charge in [-0.25, -0.2) is 14.4 Å². The Morgan fingerprint density at radius 2 is 1.34 bits per heavy atom. The third-order valence-corrected chi connectivity index (χ3v) is 5.61. The molecule has 4 atom stereocenters. The second-order valence-corrected chi connectivity index (χ2v) is 12.4. The largest absolute Gasteiger partial charge is 0.513 e. The predicted molar refractivity (Wildman–Crippen MR) is 149 cm³/mol. The van der Waals surface area contributed by atoms with Crippen molar-refractivity contribution in [3.8, 4) is 11.5 Å². The van der Waals surface area contributed by atoms with E-state index in [1.165, 1.54) is 18.2 Å². The van der Waals surface area contributed by atoms with Crippen LogP contribution in [0.3, 0.4) is 0 Å². The molecule has 0 saturated heterocycles. The first-order chi connectivity index (χ1) is 18.8. The first kappa shape index (κ1) is 35.5. The Hall–Kier alpha value is -3.54. The highest BCUT2D eigenvalue weighted by atomic mass is 16.7. The quantitative estimate of drug-likeness (QED) is 0.170.